The van der Waals surface area contributed by atoms with Crippen molar-refractivity contribution in [3.05, 3.63) is 35.9 Å². The fourth-order valence-corrected chi connectivity index (χ4v) is 3.74. The number of nitrogens with one attached hydrogen (secondary N) is 2. The van der Waals surface area contributed by atoms with Crippen LogP contribution in [0.5, 0.6) is 0 Å². The van der Waals surface area contributed by atoms with Crippen LogP contribution in [-0.2, 0) is 4.79 Å². The summed E-state index contributed by atoms with van der Waals surface area (Å²) in [5, 5.41) is 6.20. The van der Waals surface area contributed by atoms with Crippen molar-refractivity contribution in [3.8, 4) is 0 Å². The third-order valence-electron chi connectivity index (χ3n) is 4.83. The van der Waals surface area contributed by atoms with Gasteiger partial charge in [-0.2, -0.15) is 9.97 Å². The summed E-state index contributed by atoms with van der Waals surface area (Å²) in [6.07, 6.45) is 7.88. The molecule has 2 heterocycles. The summed E-state index contributed by atoms with van der Waals surface area (Å²) in [6, 6.07) is 7.80. The molecule has 1 aliphatic carbocycles. The molecule has 1 aliphatic rings. The van der Waals surface area contributed by atoms with E-state index < -0.39 is 0 Å². The van der Waals surface area contributed by atoms with E-state index in [1.54, 1.807) is 0 Å². The first kappa shape index (κ1) is 17.7. The highest BCUT2D eigenvalue weighted by molar-refractivity contribution is 6.28. The number of amides is 1. The van der Waals surface area contributed by atoms with E-state index in [1.807, 2.05) is 30.6 Å². The maximum absolute atomic E-state index is 11.1. The molecule has 0 radical (unpaired) electrons. The van der Waals surface area contributed by atoms with Gasteiger partial charge < -0.3 is 15.2 Å². The van der Waals surface area contributed by atoms with Gasteiger partial charge in [0.25, 0.3) is 0 Å². The van der Waals surface area contributed by atoms with Crippen molar-refractivity contribution in [1.82, 2.24) is 19.5 Å². The smallest absolute Gasteiger partial charge is 0.226 e. The molecule has 2 aromatic heterocycles. The first-order valence-electron chi connectivity index (χ1n) is 9.15. The number of aromatic nitrogens is 4. The van der Waals surface area contributed by atoms with Crippen LogP contribution in [0, 0.1) is 0 Å². The maximum atomic E-state index is 11.1. The van der Waals surface area contributed by atoms with Crippen molar-refractivity contribution in [2.45, 2.75) is 45.1 Å². The van der Waals surface area contributed by atoms with Crippen molar-refractivity contribution >= 4 is 45.9 Å². The quantitative estimate of drug-likeness (QED) is 0.637. The normalized spacial score (nSPS) is 15.0. The van der Waals surface area contributed by atoms with E-state index in [2.05, 4.69) is 30.2 Å². The van der Waals surface area contributed by atoms with E-state index >= 15 is 0 Å². The second-order valence-electron chi connectivity index (χ2n) is 6.84. The van der Waals surface area contributed by atoms with Crippen molar-refractivity contribution in [2.24, 2.45) is 0 Å². The predicted molar refractivity (Wildman–Crippen MR) is 106 cm³/mol. The van der Waals surface area contributed by atoms with Crippen molar-refractivity contribution in [1.29, 1.82) is 0 Å². The van der Waals surface area contributed by atoms with Gasteiger partial charge in [0.05, 0.1) is 6.33 Å². The molecule has 3 aromatic rings. The molecule has 1 fully saturated rings. The van der Waals surface area contributed by atoms with Crippen molar-refractivity contribution < 1.29 is 4.79 Å². The number of carbonyl (C=O) groups excluding carboxylic acids is 1. The van der Waals surface area contributed by atoms with E-state index in [9.17, 15) is 4.79 Å². The Hall–Kier alpha value is -2.67. The largest absolute Gasteiger partial charge is 0.338 e. The first-order chi connectivity index (χ1) is 13.1. The highest BCUT2D eigenvalue weighted by Crippen LogP contribution is 2.32. The fourth-order valence-electron chi connectivity index (χ4n) is 3.58. The summed E-state index contributed by atoms with van der Waals surface area (Å²) in [5.74, 6) is 0.472. The Balaban J connectivity index is 1.63. The van der Waals surface area contributed by atoms with Crippen LogP contribution in [0.1, 0.15) is 45.1 Å². The monoisotopic (exact) mass is 384 g/mol. The summed E-state index contributed by atoms with van der Waals surface area (Å²) >= 11 is 6.19. The van der Waals surface area contributed by atoms with Crippen LogP contribution in [0.4, 0.5) is 17.2 Å². The molecule has 0 spiro atoms. The summed E-state index contributed by atoms with van der Waals surface area (Å²) in [6.45, 7) is 1.48. The van der Waals surface area contributed by atoms with Crippen LogP contribution in [0.3, 0.4) is 0 Å². The highest BCUT2D eigenvalue weighted by Gasteiger charge is 2.20. The molecule has 0 unspecified atom stereocenters. The van der Waals surface area contributed by atoms with E-state index in [0.29, 0.717) is 17.4 Å². The molecule has 0 bridgehead atoms. The molecular weight excluding hydrogens is 364 g/mol. The number of hydrogen-bond donors (Lipinski definition) is 2. The fraction of sp³-hybridized carbons (Fsp3) is 0.368. The second-order valence-corrected chi connectivity index (χ2v) is 7.18. The molecule has 140 valence electrons. The molecule has 7 nitrogen and oxygen atoms in total. The molecule has 4 rings (SSSR count). The van der Waals surface area contributed by atoms with Gasteiger partial charge >= 0.3 is 0 Å². The van der Waals surface area contributed by atoms with Gasteiger partial charge in [0, 0.05) is 24.3 Å². The zero-order valence-electron chi connectivity index (χ0n) is 15.1. The molecular formula is C19H21ClN6O. The number of halogens is 1. The third-order valence-corrected chi connectivity index (χ3v) is 5.00. The third kappa shape index (κ3) is 3.88. The van der Waals surface area contributed by atoms with E-state index in [-0.39, 0.29) is 11.2 Å². The zero-order valence-corrected chi connectivity index (χ0v) is 15.8. The lowest BCUT2D eigenvalue weighted by molar-refractivity contribution is -0.114. The van der Waals surface area contributed by atoms with Gasteiger partial charge in [-0.05, 0) is 48.7 Å². The molecule has 1 saturated carbocycles. The Morgan fingerprint density at radius 2 is 1.81 bits per heavy atom. The minimum Gasteiger partial charge on any atom is -0.338 e. The summed E-state index contributed by atoms with van der Waals surface area (Å²) in [7, 11) is 0. The lowest BCUT2D eigenvalue weighted by Gasteiger charge is -2.23. The van der Waals surface area contributed by atoms with Gasteiger partial charge in [0.1, 0.15) is 0 Å². The van der Waals surface area contributed by atoms with Gasteiger partial charge in [-0.15, -0.1) is 0 Å². The molecule has 0 atom stereocenters. The number of benzene rings is 1. The molecule has 1 aromatic carbocycles. The molecule has 27 heavy (non-hydrogen) atoms. The minimum absolute atomic E-state index is 0.103. The van der Waals surface area contributed by atoms with Crippen molar-refractivity contribution in [2.75, 3.05) is 10.6 Å². The lowest BCUT2D eigenvalue weighted by atomic mass is 9.95. The first-order valence-corrected chi connectivity index (χ1v) is 9.53. The Bertz CT molecular complexity index is 962. The van der Waals surface area contributed by atoms with Gasteiger partial charge in [-0.1, -0.05) is 19.3 Å². The maximum Gasteiger partial charge on any atom is 0.226 e. The number of rotatable bonds is 4. The molecule has 0 saturated heterocycles. The summed E-state index contributed by atoms with van der Waals surface area (Å²) in [4.78, 5) is 24.4. The van der Waals surface area contributed by atoms with Crippen LogP contribution in [-0.4, -0.2) is 25.4 Å². The zero-order chi connectivity index (χ0) is 18.8. The molecule has 0 aliphatic heterocycles. The van der Waals surface area contributed by atoms with Crippen LogP contribution < -0.4 is 10.6 Å². The number of imidazole rings is 1. The predicted octanol–water partition coefficient (Wildman–Crippen LogP) is 4.69. The number of hydrogen-bond acceptors (Lipinski definition) is 5. The number of fused-ring (bicyclic) bond motifs is 1. The topological polar surface area (TPSA) is 84.7 Å². The van der Waals surface area contributed by atoms with E-state index in [0.717, 1.165) is 29.9 Å². The van der Waals surface area contributed by atoms with Gasteiger partial charge in [-0.3, -0.25) is 4.79 Å². The van der Waals surface area contributed by atoms with Crippen LogP contribution in [0.15, 0.2) is 30.6 Å². The average Bonchev–Trinajstić information content (AvgIpc) is 3.07. The molecule has 1 amide bonds. The number of carbonyl (C=O) groups is 1. The van der Waals surface area contributed by atoms with Crippen LogP contribution in [0.2, 0.25) is 5.28 Å². The highest BCUT2D eigenvalue weighted by atomic mass is 35.5. The number of nitrogens with zero attached hydrogens (tertiary/aromatic N) is 4. The van der Waals surface area contributed by atoms with Crippen LogP contribution >= 0.6 is 11.6 Å². The Kier molecular flexibility index (Phi) is 4.94. The Morgan fingerprint density at radius 1 is 1.11 bits per heavy atom. The lowest BCUT2D eigenvalue weighted by Crippen LogP contribution is -2.12. The Morgan fingerprint density at radius 3 is 2.52 bits per heavy atom. The standard InChI is InChI=1S/C19H21ClN6O/c1-12(27)22-13-7-9-14(10-8-13)23-17-16-18(25-19(20)24-17)26(11-21-16)15-5-3-2-4-6-15/h7-11,15H,2-6H2,1H3,(H,22,27)(H,23,24,25). The van der Waals surface area contributed by atoms with E-state index in [4.69, 9.17) is 11.6 Å². The van der Waals surface area contributed by atoms with Crippen molar-refractivity contribution in [3.63, 3.8) is 0 Å². The van der Waals surface area contributed by atoms with Crippen LogP contribution in [0.25, 0.3) is 11.2 Å². The van der Waals surface area contributed by atoms with Gasteiger partial charge in [0.2, 0.25) is 11.2 Å². The number of anilines is 3. The minimum atomic E-state index is -0.103. The molecule has 2 N–H and O–H groups in total. The Labute approximate surface area is 162 Å². The summed E-state index contributed by atoms with van der Waals surface area (Å²) in [5.41, 5.74) is 3.03. The van der Waals surface area contributed by atoms with Gasteiger partial charge in [-0.25, -0.2) is 4.98 Å². The molecule has 8 heteroatoms. The SMILES string of the molecule is CC(=O)Nc1ccc(Nc2nc(Cl)nc3c2ncn3C2CCCCC2)cc1. The second kappa shape index (κ2) is 7.52. The van der Waals surface area contributed by atoms with E-state index in [1.165, 1.54) is 26.2 Å². The average molecular weight is 385 g/mol. The van der Waals surface area contributed by atoms with Gasteiger partial charge in [0.15, 0.2) is 17.0 Å². The summed E-state index contributed by atoms with van der Waals surface area (Å²) < 4.78 is 2.13.